The van der Waals surface area contributed by atoms with Crippen molar-refractivity contribution >= 4 is 33.3 Å². The maximum atomic E-state index is 5.44. The normalized spacial score (nSPS) is 22.4. The summed E-state index contributed by atoms with van der Waals surface area (Å²) in [6.45, 7) is 3.33. The minimum Gasteiger partial charge on any atom is -0.369 e. The lowest BCUT2D eigenvalue weighted by Gasteiger charge is -2.26. The van der Waals surface area contributed by atoms with Crippen LogP contribution < -0.4 is 16.6 Å². The topological polar surface area (TPSA) is 75.9 Å². The number of rotatable bonds is 5. The summed E-state index contributed by atoms with van der Waals surface area (Å²) in [6, 6.07) is 2.06. The fraction of sp³-hybridized carbons (Fsp3) is 0.600. The number of nitrogen functional groups attached to an aromatic ring is 1. The van der Waals surface area contributed by atoms with E-state index in [9.17, 15) is 0 Å². The number of nitrogens with one attached hydrogen (secondary N) is 2. The van der Waals surface area contributed by atoms with Crippen LogP contribution in [0.4, 0.5) is 11.8 Å². The van der Waals surface area contributed by atoms with Crippen molar-refractivity contribution in [1.82, 2.24) is 9.97 Å². The molecule has 1 saturated carbocycles. The highest BCUT2D eigenvalue weighted by molar-refractivity contribution is 7.16. The summed E-state index contributed by atoms with van der Waals surface area (Å²) < 4.78 is 0. The standard InChI is InChI=1S/C15H23N5S/c1-10-2-4-11(5-3-10)6-8-17-13-12-7-9-21-14(12)19-15(18-13)20-16/h7,9-11H,2-6,8,16H2,1H3,(H2,17,18,19,20). The highest BCUT2D eigenvalue weighted by atomic mass is 32.1. The van der Waals surface area contributed by atoms with Gasteiger partial charge in [-0.25, -0.2) is 10.8 Å². The molecule has 0 aliphatic heterocycles. The fourth-order valence-electron chi connectivity index (χ4n) is 3.07. The Kier molecular flexibility index (Phi) is 4.55. The van der Waals surface area contributed by atoms with E-state index < -0.39 is 0 Å². The molecule has 0 unspecified atom stereocenters. The van der Waals surface area contributed by atoms with Crippen LogP contribution in [0.3, 0.4) is 0 Å². The smallest absolute Gasteiger partial charge is 0.240 e. The first kappa shape index (κ1) is 14.5. The van der Waals surface area contributed by atoms with E-state index in [1.807, 2.05) is 5.38 Å². The second kappa shape index (κ2) is 6.58. The zero-order valence-electron chi connectivity index (χ0n) is 12.4. The molecule has 1 aliphatic carbocycles. The van der Waals surface area contributed by atoms with Gasteiger partial charge in [-0.15, -0.1) is 11.3 Å². The Balaban J connectivity index is 1.61. The minimum atomic E-state index is 0.471. The Labute approximate surface area is 129 Å². The first-order chi connectivity index (χ1) is 10.3. The van der Waals surface area contributed by atoms with Gasteiger partial charge in [-0.3, -0.25) is 5.43 Å². The second-order valence-electron chi connectivity index (χ2n) is 6.02. The molecule has 2 aromatic heterocycles. The first-order valence-corrected chi connectivity index (χ1v) is 8.60. The lowest BCUT2D eigenvalue weighted by atomic mass is 9.81. The van der Waals surface area contributed by atoms with Crippen LogP contribution >= 0.6 is 11.3 Å². The van der Waals surface area contributed by atoms with Gasteiger partial charge < -0.3 is 5.32 Å². The van der Waals surface area contributed by atoms with Crippen LogP contribution in [0, 0.1) is 11.8 Å². The zero-order valence-corrected chi connectivity index (χ0v) is 13.2. The molecule has 3 rings (SSSR count). The van der Waals surface area contributed by atoms with Gasteiger partial charge in [0.1, 0.15) is 10.6 Å². The maximum absolute atomic E-state index is 5.44. The van der Waals surface area contributed by atoms with Gasteiger partial charge in [-0.1, -0.05) is 32.6 Å². The van der Waals surface area contributed by atoms with Gasteiger partial charge >= 0.3 is 0 Å². The second-order valence-corrected chi connectivity index (χ2v) is 6.92. The van der Waals surface area contributed by atoms with Crippen molar-refractivity contribution in [3.63, 3.8) is 0 Å². The molecule has 21 heavy (non-hydrogen) atoms. The van der Waals surface area contributed by atoms with Crippen molar-refractivity contribution in [3.05, 3.63) is 11.4 Å². The molecule has 114 valence electrons. The van der Waals surface area contributed by atoms with E-state index in [2.05, 4.69) is 33.7 Å². The molecule has 4 N–H and O–H groups in total. The molecule has 0 spiro atoms. The number of hydrogen-bond donors (Lipinski definition) is 3. The van der Waals surface area contributed by atoms with Crippen molar-refractivity contribution in [1.29, 1.82) is 0 Å². The van der Waals surface area contributed by atoms with Gasteiger partial charge in [0.2, 0.25) is 5.95 Å². The first-order valence-electron chi connectivity index (χ1n) is 7.72. The lowest BCUT2D eigenvalue weighted by molar-refractivity contribution is 0.282. The third-order valence-electron chi connectivity index (χ3n) is 4.43. The van der Waals surface area contributed by atoms with E-state index in [1.165, 1.54) is 32.1 Å². The third-order valence-corrected chi connectivity index (χ3v) is 5.24. The molecule has 0 bridgehead atoms. The lowest BCUT2D eigenvalue weighted by Crippen LogP contribution is -2.17. The summed E-state index contributed by atoms with van der Waals surface area (Å²) in [4.78, 5) is 9.75. The minimum absolute atomic E-state index is 0.471. The van der Waals surface area contributed by atoms with E-state index in [0.717, 1.165) is 34.4 Å². The molecule has 1 fully saturated rings. The molecular formula is C15H23N5S. The number of hydrazine groups is 1. The monoisotopic (exact) mass is 305 g/mol. The summed E-state index contributed by atoms with van der Waals surface area (Å²) in [5, 5.41) is 6.58. The molecule has 0 amide bonds. The number of anilines is 2. The Morgan fingerprint density at radius 1 is 1.29 bits per heavy atom. The molecule has 5 nitrogen and oxygen atoms in total. The molecule has 0 saturated heterocycles. The van der Waals surface area contributed by atoms with Crippen LogP contribution in [0.25, 0.3) is 10.2 Å². The summed E-state index contributed by atoms with van der Waals surface area (Å²) >= 11 is 1.61. The van der Waals surface area contributed by atoms with Crippen LogP contribution in [0.2, 0.25) is 0 Å². The van der Waals surface area contributed by atoms with Gasteiger partial charge in [0, 0.05) is 6.54 Å². The van der Waals surface area contributed by atoms with Gasteiger partial charge in [-0.05, 0) is 29.7 Å². The van der Waals surface area contributed by atoms with E-state index >= 15 is 0 Å². The van der Waals surface area contributed by atoms with Crippen LogP contribution in [0.1, 0.15) is 39.0 Å². The van der Waals surface area contributed by atoms with Crippen LogP contribution in [-0.2, 0) is 0 Å². The molecule has 0 radical (unpaired) electrons. The van der Waals surface area contributed by atoms with E-state index in [4.69, 9.17) is 5.84 Å². The average Bonchev–Trinajstić information content (AvgIpc) is 2.97. The SMILES string of the molecule is CC1CCC(CCNc2nc(NN)nc3sccc23)CC1. The van der Waals surface area contributed by atoms with Crippen LogP contribution in [0.5, 0.6) is 0 Å². The summed E-state index contributed by atoms with van der Waals surface area (Å²) in [5.74, 6) is 8.58. The summed E-state index contributed by atoms with van der Waals surface area (Å²) in [6.07, 6.45) is 6.72. The number of thiophene rings is 1. The molecule has 0 atom stereocenters. The fourth-order valence-corrected chi connectivity index (χ4v) is 3.83. The molecule has 1 aliphatic rings. The van der Waals surface area contributed by atoms with Crippen molar-refractivity contribution in [3.8, 4) is 0 Å². The molecule has 6 heteroatoms. The van der Waals surface area contributed by atoms with E-state index in [1.54, 1.807) is 11.3 Å². The number of nitrogens with zero attached hydrogens (tertiary/aromatic N) is 2. The number of aromatic nitrogens is 2. The Hall–Kier alpha value is -1.40. The average molecular weight is 305 g/mol. The van der Waals surface area contributed by atoms with Crippen molar-refractivity contribution in [2.24, 2.45) is 17.7 Å². The van der Waals surface area contributed by atoms with Gasteiger partial charge in [0.05, 0.1) is 5.39 Å². The van der Waals surface area contributed by atoms with Crippen LogP contribution in [0.15, 0.2) is 11.4 Å². The van der Waals surface area contributed by atoms with Gasteiger partial charge in [0.25, 0.3) is 0 Å². The number of hydrogen-bond acceptors (Lipinski definition) is 6. The van der Waals surface area contributed by atoms with E-state index in [-0.39, 0.29) is 0 Å². The highest BCUT2D eigenvalue weighted by Gasteiger charge is 2.18. The summed E-state index contributed by atoms with van der Waals surface area (Å²) in [5.41, 5.74) is 2.54. The van der Waals surface area contributed by atoms with Crippen molar-refractivity contribution in [2.75, 3.05) is 17.3 Å². The third kappa shape index (κ3) is 3.44. The summed E-state index contributed by atoms with van der Waals surface area (Å²) in [7, 11) is 0. The van der Waals surface area contributed by atoms with Crippen LogP contribution in [-0.4, -0.2) is 16.5 Å². The highest BCUT2D eigenvalue weighted by Crippen LogP contribution is 2.31. The Morgan fingerprint density at radius 3 is 2.86 bits per heavy atom. The van der Waals surface area contributed by atoms with Crippen molar-refractivity contribution < 1.29 is 0 Å². The molecule has 2 heterocycles. The predicted molar refractivity (Wildman–Crippen MR) is 89.5 cm³/mol. The number of nitrogens with two attached hydrogens (primary N) is 1. The molecular weight excluding hydrogens is 282 g/mol. The molecule has 2 aromatic rings. The van der Waals surface area contributed by atoms with Gasteiger partial charge in [-0.2, -0.15) is 4.98 Å². The van der Waals surface area contributed by atoms with Crippen molar-refractivity contribution in [2.45, 2.75) is 39.0 Å². The zero-order chi connectivity index (χ0) is 14.7. The molecule has 0 aromatic carbocycles. The predicted octanol–water partition coefficient (Wildman–Crippen LogP) is 3.61. The van der Waals surface area contributed by atoms with Gasteiger partial charge in [0.15, 0.2) is 0 Å². The maximum Gasteiger partial charge on any atom is 0.240 e. The number of fused-ring (bicyclic) bond motifs is 1. The quantitative estimate of drug-likeness (QED) is 0.581. The Morgan fingerprint density at radius 2 is 2.10 bits per heavy atom. The van der Waals surface area contributed by atoms with E-state index in [0.29, 0.717) is 5.95 Å². The largest absolute Gasteiger partial charge is 0.369 e. The Bertz CT molecular complexity index is 589.